The van der Waals surface area contributed by atoms with Crippen molar-refractivity contribution < 1.29 is 14.0 Å². The van der Waals surface area contributed by atoms with Crippen LogP contribution in [0.3, 0.4) is 0 Å². The minimum atomic E-state index is 0.00448. The van der Waals surface area contributed by atoms with Crippen molar-refractivity contribution in [2.24, 2.45) is 0 Å². The Kier molecular flexibility index (Phi) is 5.10. The van der Waals surface area contributed by atoms with Crippen LogP contribution in [-0.4, -0.2) is 65.4 Å². The average molecular weight is 423 g/mol. The summed E-state index contributed by atoms with van der Waals surface area (Å²) < 4.78 is 5.18. The highest BCUT2D eigenvalue weighted by Gasteiger charge is 2.36. The van der Waals surface area contributed by atoms with Gasteiger partial charge in [-0.3, -0.25) is 14.5 Å². The maximum Gasteiger partial charge on any atom is 0.282 e. The Bertz CT molecular complexity index is 1030. The van der Waals surface area contributed by atoms with Crippen LogP contribution in [0.1, 0.15) is 16.2 Å². The van der Waals surface area contributed by atoms with E-state index in [-0.39, 0.29) is 17.9 Å². The third kappa shape index (κ3) is 3.64. The topological polar surface area (TPSA) is 69.9 Å². The number of piperazine rings is 1. The molecule has 0 saturated carbocycles. The number of rotatable bonds is 4. The molecule has 5 rings (SSSR count). The molecule has 1 aromatic carbocycles. The summed E-state index contributed by atoms with van der Waals surface area (Å²) in [6.07, 6.45) is 5.53. The molecule has 7 nitrogen and oxygen atoms in total. The van der Waals surface area contributed by atoms with Gasteiger partial charge >= 0.3 is 0 Å². The maximum atomic E-state index is 12.8. The molecule has 8 heteroatoms. The lowest BCUT2D eigenvalue weighted by atomic mass is 10.1. The molecule has 1 unspecified atom stereocenters. The summed E-state index contributed by atoms with van der Waals surface area (Å²) in [4.78, 5) is 35.5. The van der Waals surface area contributed by atoms with Crippen LogP contribution in [0, 0.1) is 0 Å². The molecule has 30 heavy (non-hydrogen) atoms. The van der Waals surface area contributed by atoms with Crippen molar-refractivity contribution in [3.8, 4) is 11.1 Å². The first-order valence-corrected chi connectivity index (χ1v) is 10.9. The summed E-state index contributed by atoms with van der Waals surface area (Å²) in [6.45, 7) is 3.56. The van der Waals surface area contributed by atoms with Crippen LogP contribution in [0.25, 0.3) is 11.1 Å². The fourth-order valence-corrected chi connectivity index (χ4v) is 4.82. The van der Waals surface area contributed by atoms with Gasteiger partial charge in [0.2, 0.25) is 5.91 Å². The zero-order chi connectivity index (χ0) is 20.5. The standard InChI is InChI=1S/C22H22N4O3S/c27-20-13-19(24-6-8-25(9-7-24)22(28)21-23-5-11-30-21)14-26(20)18-3-1-2-16(12-18)17-4-10-29-15-17/h1-5,10-12,15,19H,6-9,13-14H2. The second-order valence-corrected chi connectivity index (χ2v) is 8.48. The quantitative estimate of drug-likeness (QED) is 0.647. The van der Waals surface area contributed by atoms with E-state index in [4.69, 9.17) is 4.42 Å². The van der Waals surface area contributed by atoms with E-state index in [2.05, 4.69) is 9.88 Å². The first kappa shape index (κ1) is 19.0. The van der Waals surface area contributed by atoms with E-state index in [1.807, 2.05) is 45.5 Å². The summed E-state index contributed by atoms with van der Waals surface area (Å²) in [7, 11) is 0. The van der Waals surface area contributed by atoms with Crippen molar-refractivity contribution in [2.75, 3.05) is 37.6 Å². The molecule has 2 aliphatic rings. The van der Waals surface area contributed by atoms with Crippen LogP contribution in [0.5, 0.6) is 0 Å². The summed E-state index contributed by atoms with van der Waals surface area (Å²) in [5, 5.41) is 2.37. The third-order valence-corrected chi connectivity index (χ3v) is 6.61. The highest BCUT2D eigenvalue weighted by Crippen LogP contribution is 2.29. The Morgan fingerprint density at radius 2 is 2.00 bits per heavy atom. The smallest absolute Gasteiger partial charge is 0.282 e. The molecule has 2 aromatic heterocycles. The lowest BCUT2D eigenvalue weighted by molar-refractivity contribution is -0.117. The van der Waals surface area contributed by atoms with Crippen LogP contribution in [0.4, 0.5) is 5.69 Å². The molecule has 1 atom stereocenters. The van der Waals surface area contributed by atoms with Gasteiger partial charge in [0.15, 0.2) is 5.01 Å². The SMILES string of the molecule is O=C(c1nccs1)N1CCN(C2CC(=O)N(c3cccc(-c4ccoc4)c3)C2)CC1. The second kappa shape index (κ2) is 8.04. The van der Waals surface area contributed by atoms with Crippen LogP contribution in [-0.2, 0) is 4.79 Å². The minimum Gasteiger partial charge on any atom is -0.472 e. The van der Waals surface area contributed by atoms with Crippen LogP contribution in [0.15, 0.2) is 58.9 Å². The fourth-order valence-electron chi connectivity index (χ4n) is 4.22. The van der Waals surface area contributed by atoms with E-state index < -0.39 is 0 Å². The van der Waals surface area contributed by atoms with Crippen LogP contribution < -0.4 is 4.90 Å². The van der Waals surface area contributed by atoms with Gasteiger partial charge in [-0.2, -0.15) is 0 Å². The van der Waals surface area contributed by atoms with Crippen molar-refractivity contribution in [1.82, 2.24) is 14.8 Å². The van der Waals surface area contributed by atoms with Gasteiger partial charge in [0.25, 0.3) is 5.91 Å². The largest absolute Gasteiger partial charge is 0.472 e. The molecule has 0 radical (unpaired) electrons. The molecule has 2 saturated heterocycles. The lowest BCUT2D eigenvalue weighted by Crippen LogP contribution is -2.52. The number of benzene rings is 1. The predicted octanol–water partition coefficient (Wildman–Crippen LogP) is 2.97. The molecular weight excluding hydrogens is 400 g/mol. The number of nitrogens with zero attached hydrogens (tertiary/aromatic N) is 4. The zero-order valence-electron chi connectivity index (χ0n) is 16.4. The van der Waals surface area contributed by atoms with Crippen LogP contribution >= 0.6 is 11.3 Å². The van der Waals surface area contributed by atoms with Crippen molar-refractivity contribution in [1.29, 1.82) is 0 Å². The second-order valence-electron chi connectivity index (χ2n) is 7.59. The number of thiazole rings is 1. The molecule has 0 bridgehead atoms. The number of furan rings is 1. The van der Waals surface area contributed by atoms with E-state index in [0.29, 0.717) is 31.1 Å². The van der Waals surface area contributed by atoms with E-state index in [1.165, 1.54) is 11.3 Å². The third-order valence-electron chi connectivity index (χ3n) is 5.85. The molecular formula is C22H22N4O3S. The first-order valence-electron chi connectivity index (χ1n) is 10.0. The Morgan fingerprint density at radius 1 is 1.13 bits per heavy atom. The fraction of sp³-hybridized carbons (Fsp3) is 0.318. The van der Waals surface area contributed by atoms with E-state index in [0.717, 1.165) is 29.9 Å². The molecule has 154 valence electrons. The van der Waals surface area contributed by atoms with E-state index in [9.17, 15) is 9.59 Å². The summed E-state index contributed by atoms with van der Waals surface area (Å²) in [5.74, 6) is 0.149. The Balaban J connectivity index is 1.23. The van der Waals surface area contributed by atoms with Crippen LogP contribution in [0.2, 0.25) is 0 Å². The monoisotopic (exact) mass is 422 g/mol. The number of carbonyl (C=O) groups excluding carboxylic acids is 2. The molecule has 2 aliphatic heterocycles. The van der Waals surface area contributed by atoms with Gasteiger partial charge < -0.3 is 14.2 Å². The molecule has 0 aliphatic carbocycles. The number of amides is 2. The number of aromatic nitrogens is 1. The minimum absolute atomic E-state index is 0.00448. The summed E-state index contributed by atoms with van der Waals surface area (Å²) >= 11 is 1.38. The molecule has 0 spiro atoms. The number of anilines is 1. The van der Waals surface area contributed by atoms with Crippen molar-refractivity contribution in [2.45, 2.75) is 12.5 Å². The van der Waals surface area contributed by atoms with Gasteiger partial charge in [-0.05, 0) is 23.8 Å². The first-order chi connectivity index (χ1) is 14.7. The Hall–Kier alpha value is -2.97. The van der Waals surface area contributed by atoms with E-state index in [1.54, 1.807) is 18.7 Å². The normalized spacial score (nSPS) is 20.1. The lowest BCUT2D eigenvalue weighted by Gasteiger charge is -2.37. The summed E-state index contributed by atoms with van der Waals surface area (Å²) in [6, 6.07) is 10.1. The molecule has 2 amide bonds. The molecule has 2 fully saturated rings. The Morgan fingerprint density at radius 3 is 2.73 bits per heavy atom. The molecule has 0 N–H and O–H groups in total. The Labute approximate surface area is 178 Å². The van der Waals surface area contributed by atoms with Gasteiger partial charge in [-0.25, -0.2) is 4.98 Å². The molecule has 3 aromatic rings. The van der Waals surface area contributed by atoms with Crippen molar-refractivity contribution >= 4 is 28.8 Å². The van der Waals surface area contributed by atoms with E-state index >= 15 is 0 Å². The average Bonchev–Trinajstić information content (AvgIpc) is 3.55. The van der Waals surface area contributed by atoms with Gasteiger partial charge in [0.05, 0.1) is 12.5 Å². The maximum absolute atomic E-state index is 12.8. The number of hydrogen-bond acceptors (Lipinski definition) is 6. The van der Waals surface area contributed by atoms with Gasteiger partial charge in [0, 0.05) is 68.0 Å². The highest BCUT2D eigenvalue weighted by atomic mass is 32.1. The number of carbonyl (C=O) groups is 2. The number of hydrogen-bond donors (Lipinski definition) is 0. The molecule has 4 heterocycles. The highest BCUT2D eigenvalue weighted by molar-refractivity contribution is 7.11. The van der Waals surface area contributed by atoms with Gasteiger partial charge in [-0.15, -0.1) is 11.3 Å². The van der Waals surface area contributed by atoms with Gasteiger partial charge in [0.1, 0.15) is 0 Å². The predicted molar refractivity (Wildman–Crippen MR) is 114 cm³/mol. The zero-order valence-corrected chi connectivity index (χ0v) is 17.3. The van der Waals surface area contributed by atoms with Gasteiger partial charge in [-0.1, -0.05) is 12.1 Å². The van der Waals surface area contributed by atoms with Crippen molar-refractivity contribution in [3.63, 3.8) is 0 Å². The van der Waals surface area contributed by atoms with Crippen molar-refractivity contribution in [3.05, 3.63) is 59.4 Å². The summed E-state index contributed by atoms with van der Waals surface area (Å²) in [5.41, 5.74) is 2.95.